The number of carbonyl (C=O) groups is 2. The van der Waals surface area contributed by atoms with Crippen LogP contribution in [0.1, 0.15) is 42.3 Å². The van der Waals surface area contributed by atoms with Gasteiger partial charge in [0.25, 0.3) is 5.91 Å². The number of nitrogens with one attached hydrogen (secondary N) is 1. The SMILES string of the molecule is CCN(CC)S(=O)(=O)c1cc(C(=O)OC(C)C(=O)Nc2cc(C)ccc2C)ccc1F. The van der Waals surface area contributed by atoms with Gasteiger partial charge in [0.2, 0.25) is 10.0 Å². The van der Waals surface area contributed by atoms with Crippen molar-refractivity contribution in [3.05, 3.63) is 58.9 Å². The third kappa shape index (κ3) is 5.68. The third-order valence-electron chi connectivity index (χ3n) is 4.79. The first-order valence-corrected chi connectivity index (χ1v) is 11.3. The largest absolute Gasteiger partial charge is 0.449 e. The predicted molar refractivity (Wildman–Crippen MR) is 116 cm³/mol. The summed E-state index contributed by atoms with van der Waals surface area (Å²) >= 11 is 0. The molecule has 9 heteroatoms. The van der Waals surface area contributed by atoms with Gasteiger partial charge in [0, 0.05) is 18.8 Å². The van der Waals surface area contributed by atoms with E-state index in [0.29, 0.717) is 5.69 Å². The zero-order chi connectivity index (χ0) is 23.3. The van der Waals surface area contributed by atoms with E-state index in [0.717, 1.165) is 33.6 Å². The number of carbonyl (C=O) groups excluding carboxylic acids is 2. The Morgan fingerprint density at radius 1 is 1.10 bits per heavy atom. The van der Waals surface area contributed by atoms with Crippen LogP contribution in [-0.2, 0) is 19.6 Å². The molecule has 0 radical (unpaired) electrons. The standard InChI is InChI=1S/C22H27FN2O5S/c1-6-25(7-2)31(28,29)20-13-17(10-11-18(20)23)22(27)30-16(5)21(26)24-19-12-14(3)8-9-15(19)4/h8-13,16H,6-7H2,1-5H3,(H,24,26). The highest BCUT2D eigenvalue weighted by Gasteiger charge is 2.27. The third-order valence-corrected chi connectivity index (χ3v) is 6.86. The van der Waals surface area contributed by atoms with Crippen LogP contribution in [0.25, 0.3) is 0 Å². The fourth-order valence-corrected chi connectivity index (χ4v) is 4.47. The summed E-state index contributed by atoms with van der Waals surface area (Å²) in [6.07, 6.45) is -1.15. The molecule has 0 saturated heterocycles. The number of benzene rings is 2. The normalized spacial score (nSPS) is 12.5. The molecule has 0 aromatic heterocycles. The molecule has 0 fully saturated rings. The molecule has 0 aliphatic rings. The van der Waals surface area contributed by atoms with Crippen molar-refractivity contribution in [2.75, 3.05) is 18.4 Å². The van der Waals surface area contributed by atoms with Crippen LogP contribution >= 0.6 is 0 Å². The lowest BCUT2D eigenvalue weighted by Gasteiger charge is -2.19. The molecule has 1 N–H and O–H groups in total. The molecule has 31 heavy (non-hydrogen) atoms. The second-order valence-electron chi connectivity index (χ2n) is 7.09. The summed E-state index contributed by atoms with van der Waals surface area (Å²) in [4.78, 5) is 24.3. The van der Waals surface area contributed by atoms with Crippen LogP contribution in [0.5, 0.6) is 0 Å². The lowest BCUT2D eigenvalue weighted by molar-refractivity contribution is -0.123. The van der Waals surface area contributed by atoms with Crippen LogP contribution < -0.4 is 5.32 Å². The number of hydrogen-bond donors (Lipinski definition) is 1. The summed E-state index contributed by atoms with van der Waals surface area (Å²) in [6, 6.07) is 8.51. The minimum atomic E-state index is -4.11. The maximum atomic E-state index is 14.2. The monoisotopic (exact) mass is 450 g/mol. The van der Waals surface area contributed by atoms with Gasteiger partial charge in [0.05, 0.1) is 5.56 Å². The molecular formula is C22H27FN2O5S. The lowest BCUT2D eigenvalue weighted by Crippen LogP contribution is -2.32. The van der Waals surface area contributed by atoms with Crippen LogP contribution in [0.3, 0.4) is 0 Å². The molecule has 0 aliphatic heterocycles. The molecule has 0 saturated carbocycles. The van der Waals surface area contributed by atoms with Crippen molar-refractivity contribution in [1.82, 2.24) is 4.31 Å². The van der Waals surface area contributed by atoms with Gasteiger partial charge in [-0.3, -0.25) is 4.79 Å². The van der Waals surface area contributed by atoms with Gasteiger partial charge in [-0.2, -0.15) is 4.31 Å². The molecule has 7 nitrogen and oxygen atoms in total. The van der Waals surface area contributed by atoms with Crippen molar-refractivity contribution in [2.24, 2.45) is 0 Å². The minimum Gasteiger partial charge on any atom is -0.449 e. The Labute approximate surface area is 182 Å². The van der Waals surface area contributed by atoms with E-state index >= 15 is 0 Å². The summed E-state index contributed by atoms with van der Waals surface area (Å²) in [6.45, 7) is 8.69. The molecule has 0 spiro atoms. The number of sulfonamides is 1. The fourth-order valence-electron chi connectivity index (χ4n) is 2.92. The minimum absolute atomic E-state index is 0.155. The summed E-state index contributed by atoms with van der Waals surface area (Å²) in [5.41, 5.74) is 2.24. The number of nitrogens with zero attached hydrogens (tertiary/aromatic N) is 1. The first-order chi connectivity index (χ1) is 14.5. The zero-order valence-electron chi connectivity index (χ0n) is 18.2. The van der Waals surface area contributed by atoms with E-state index in [-0.39, 0.29) is 18.7 Å². The zero-order valence-corrected chi connectivity index (χ0v) is 19.0. The molecule has 168 valence electrons. The number of esters is 1. The highest BCUT2D eigenvalue weighted by molar-refractivity contribution is 7.89. The summed E-state index contributed by atoms with van der Waals surface area (Å²) in [7, 11) is -4.11. The molecule has 2 aromatic rings. The van der Waals surface area contributed by atoms with E-state index in [4.69, 9.17) is 4.74 Å². The smallest absolute Gasteiger partial charge is 0.338 e. The molecule has 0 heterocycles. The van der Waals surface area contributed by atoms with Gasteiger partial charge in [0.1, 0.15) is 10.7 Å². The Bertz CT molecular complexity index is 1080. The predicted octanol–water partition coefficient (Wildman–Crippen LogP) is 3.66. The number of halogens is 1. The van der Waals surface area contributed by atoms with Gasteiger partial charge in [-0.15, -0.1) is 0 Å². The molecule has 1 amide bonds. The fraction of sp³-hybridized carbons (Fsp3) is 0.364. The number of ether oxygens (including phenoxy) is 1. The van der Waals surface area contributed by atoms with Crippen LogP contribution in [0.4, 0.5) is 10.1 Å². The van der Waals surface area contributed by atoms with Gasteiger partial charge in [-0.25, -0.2) is 17.6 Å². The van der Waals surface area contributed by atoms with Crippen LogP contribution in [0.2, 0.25) is 0 Å². The first kappa shape index (κ1) is 24.5. The van der Waals surface area contributed by atoms with Gasteiger partial charge < -0.3 is 10.1 Å². The first-order valence-electron chi connectivity index (χ1n) is 9.90. The topological polar surface area (TPSA) is 92.8 Å². The van der Waals surface area contributed by atoms with Gasteiger partial charge in [-0.05, 0) is 56.2 Å². The molecule has 1 unspecified atom stereocenters. The van der Waals surface area contributed by atoms with Gasteiger partial charge in [-0.1, -0.05) is 26.0 Å². The van der Waals surface area contributed by atoms with E-state index in [9.17, 15) is 22.4 Å². The number of aryl methyl sites for hydroxylation is 2. The highest BCUT2D eigenvalue weighted by atomic mass is 32.2. The van der Waals surface area contributed by atoms with Crippen LogP contribution in [-0.4, -0.2) is 43.8 Å². The van der Waals surface area contributed by atoms with E-state index in [1.54, 1.807) is 19.9 Å². The molecule has 0 aliphatic carbocycles. The Hall–Kier alpha value is -2.78. The maximum Gasteiger partial charge on any atom is 0.338 e. The van der Waals surface area contributed by atoms with Crippen molar-refractivity contribution < 1.29 is 27.1 Å². The van der Waals surface area contributed by atoms with E-state index in [1.165, 1.54) is 6.92 Å². The van der Waals surface area contributed by atoms with E-state index in [2.05, 4.69) is 5.32 Å². The van der Waals surface area contributed by atoms with Crippen LogP contribution in [0.15, 0.2) is 41.3 Å². The second-order valence-corrected chi connectivity index (χ2v) is 9.00. The Kier molecular flexibility index (Phi) is 7.91. The number of anilines is 1. The summed E-state index contributed by atoms with van der Waals surface area (Å²) < 4.78 is 45.8. The van der Waals surface area contributed by atoms with Crippen molar-refractivity contribution in [3.8, 4) is 0 Å². The molecule has 1 atom stereocenters. The average Bonchev–Trinajstić information content (AvgIpc) is 2.71. The Morgan fingerprint density at radius 3 is 2.35 bits per heavy atom. The van der Waals surface area contributed by atoms with Crippen molar-refractivity contribution >= 4 is 27.6 Å². The van der Waals surface area contributed by atoms with E-state index < -0.39 is 38.7 Å². The number of hydrogen-bond acceptors (Lipinski definition) is 5. The molecular weight excluding hydrogens is 423 g/mol. The molecule has 2 rings (SSSR count). The van der Waals surface area contributed by atoms with Gasteiger partial charge in [0.15, 0.2) is 6.10 Å². The highest BCUT2D eigenvalue weighted by Crippen LogP contribution is 2.22. The average molecular weight is 451 g/mol. The lowest BCUT2D eigenvalue weighted by atomic mass is 10.1. The second kappa shape index (κ2) is 10.0. The Balaban J connectivity index is 2.20. The van der Waals surface area contributed by atoms with Gasteiger partial charge >= 0.3 is 5.97 Å². The molecule has 2 aromatic carbocycles. The summed E-state index contributed by atoms with van der Waals surface area (Å²) in [5.74, 6) is -2.44. The quantitative estimate of drug-likeness (QED) is 0.620. The number of amides is 1. The van der Waals surface area contributed by atoms with E-state index in [1.807, 2.05) is 26.0 Å². The number of rotatable bonds is 8. The van der Waals surface area contributed by atoms with Crippen molar-refractivity contribution in [3.63, 3.8) is 0 Å². The van der Waals surface area contributed by atoms with Crippen LogP contribution in [0, 0.1) is 19.7 Å². The van der Waals surface area contributed by atoms with Crippen molar-refractivity contribution in [2.45, 2.75) is 45.6 Å². The van der Waals surface area contributed by atoms with Crippen molar-refractivity contribution in [1.29, 1.82) is 0 Å². The maximum absolute atomic E-state index is 14.2. The summed E-state index contributed by atoms with van der Waals surface area (Å²) in [5, 5.41) is 2.70. The Morgan fingerprint density at radius 2 is 1.74 bits per heavy atom. The molecule has 0 bridgehead atoms.